The molecule has 0 radical (unpaired) electrons. The largest absolute Gasteiger partial charge is 0.354 e. The van der Waals surface area contributed by atoms with Crippen LogP contribution in [0.4, 0.5) is 4.39 Å². The molecule has 0 saturated carbocycles. The normalized spacial score (nSPS) is 14.4. The number of aromatic nitrogens is 2. The van der Waals surface area contributed by atoms with Gasteiger partial charge in [-0.05, 0) is 49.9 Å². The number of carbonyl (C=O) groups is 1. The number of nitrogens with zero attached hydrogens (tertiary/aromatic N) is 2. The molecule has 0 unspecified atom stereocenters. The van der Waals surface area contributed by atoms with Crippen molar-refractivity contribution < 1.29 is 9.18 Å². The lowest BCUT2D eigenvalue weighted by Crippen LogP contribution is -2.20. The molecule has 0 bridgehead atoms. The Morgan fingerprint density at radius 2 is 1.90 bits per heavy atom. The molecule has 1 aromatic heterocycles. The Labute approximate surface area is 123 Å². The fraction of sp³-hybridized carbons (Fsp3) is 0.375. The Kier molecular flexibility index (Phi) is 3.73. The van der Waals surface area contributed by atoms with Gasteiger partial charge in [0, 0.05) is 18.3 Å². The first-order valence-electron chi connectivity index (χ1n) is 7.29. The number of hydrogen-bond donors (Lipinski definition) is 1. The second-order valence-electron chi connectivity index (χ2n) is 5.30. The van der Waals surface area contributed by atoms with Crippen LogP contribution in [0.5, 0.6) is 0 Å². The minimum atomic E-state index is -0.275. The minimum absolute atomic E-state index is 0.158. The molecule has 3 rings (SSSR count). The molecule has 2 aromatic rings. The second kappa shape index (κ2) is 5.68. The summed E-state index contributed by atoms with van der Waals surface area (Å²) in [7, 11) is 1.61. The van der Waals surface area contributed by atoms with Crippen molar-refractivity contribution in [2.24, 2.45) is 0 Å². The fourth-order valence-corrected chi connectivity index (χ4v) is 2.87. The molecule has 1 aliphatic carbocycles. The molecule has 110 valence electrons. The lowest BCUT2D eigenvalue weighted by atomic mass is 10.1. The van der Waals surface area contributed by atoms with E-state index < -0.39 is 0 Å². The Morgan fingerprint density at radius 1 is 1.19 bits per heavy atom. The van der Waals surface area contributed by atoms with Gasteiger partial charge in [0.1, 0.15) is 5.82 Å². The third kappa shape index (κ3) is 2.55. The molecule has 0 saturated heterocycles. The van der Waals surface area contributed by atoms with Crippen molar-refractivity contribution in [2.45, 2.75) is 32.1 Å². The third-order valence-corrected chi connectivity index (χ3v) is 3.94. The maximum atomic E-state index is 13.1. The van der Waals surface area contributed by atoms with Crippen molar-refractivity contribution in [3.8, 4) is 5.69 Å². The molecule has 0 aliphatic heterocycles. The maximum Gasteiger partial charge on any atom is 0.271 e. The molecule has 1 amide bonds. The summed E-state index contributed by atoms with van der Waals surface area (Å²) in [4.78, 5) is 12.0. The highest BCUT2D eigenvalue weighted by Crippen LogP contribution is 2.26. The summed E-state index contributed by atoms with van der Waals surface area (Å²) in [5, 5.41) is 7.14. The predicted molar refractivity (Wildman–Crippen MR) is 78.2 cm³/mol. The fourth-order valence-electron chi connectivity index (χ4n) is 2.87. The average molecular weight is 287 g/mol. The van der Waals surface area contributed by atoms with Crippen LogP contribution in [0.3, 0.4) is 0 Å². The summed E-state index contributed by atoms with van der Waals surface area (Å²) in [5.74, 6) is -0.433. The van der Waals surface area contributed by atoms with Gasteiger partial charge in [-0.25, -0.2) is 9.07 Å². The van der Waals surface area contributed by atoms with Gasteiger partial charge in [0.25, 0.3) is 5.91 Å². The van der Waals surface area contributed by atoms with E-state index in [1.54, 1.807) is 23.9 Å². The van der Waals surface area contributed by atoms with Crippen LogP contribution in [0.15, 0.2) is 24.3 Å². The molecule has 1 heterocycles. The van der Waals surface area contributed by atoms with Crippen LogP contribution >= 0.6 is 0 Å². The third-order valence-electron chi connectivity index (χ3n) is 3.94. The van der Waals surface area contributed by atoms with Crippen LogP contribution in [0.2, 0.25) is 0 Å². The number of amides is 1. The van der Waals surface area contributed by atoms with E-state index in [1.807, 2.05) is 0 Å². The van der Waals surface area contributed by atoms with Crippen LogP contribution < -0.4 is 5.32 Å². The molecule has 1 N–H and O–H groups in total. The predicted octanol–water partition coefficient (Wildman–Crippen LogP) is 2.64. The lowest BCUT2D eigenvalue weighted by Gasteiger charge is -2.07. The van der Waals surface area contributed by atoms with E-state index in [0.717, 1.165) is 49.0 Å². The molecule has 1 aromatic carbocycles. The average Bonchev–Trinajstić information content (AvgIpc) is 2.70. The number of fused-ring (bicyclic) bond motifs is 1. The number of rotatable bonds is 2. The summed E-state index contributed by atoms with van der Waals surface area (Å²) < 4.78 is 14.9. The van der Waals surface area contributed by atoms with Gasteiger partial charge in [-0.3, -0.25) is 4.79 Å². The van der Waals surface area contributed by atoms with Crippen molar-refractivity contribution in [1.29, 1.82) is 0 Å². The van der Waals surface area contributed by atoms with E-state index in [4.69, 9.17) is 0 Å². The van der Waals surface area contributed by atoms with Crippen LogP contribution in [0.1, 0.15) is 41.0 Å². The van der Waals surface area contributed by atoms with Gasteiger partial charge < -0.3 is 5.32 Å². The summed E-state index contributed by atoms with van der Waals surface area (Å²) in [6.45, 7) is 0. The Morgan fingerprint density at radius 3 is 2.62 bits per heavy atom. The topological polar surface area (TPSA) is 46.9 Å². The quantitative estimate of drug-likeness (QED) is 0.863. The van der Waals surface area contributed by atoms with Crippen molar-refractivity contribution in [1.82, 2.24) is 15.1 Å². The molecule has 0 fully saturated rings. The van der Waals surface area contributed by atoms with E-state index in [-0.39, 0.29) is 11.7 Å². The van der Waals surface area contributed by atoms with Crippen molar-refractivity contribution >= 4 is 5.91 Å². The summed E-state index contributed by atoms with van der Waals surface area (Å²) in [6, 6.07) is 6.22. The number of hydrogen-bond acceptors (Lipinski definition) is 2. The van der Waals surface area contributed by atoms with Crippen molar-refractivity contribution in [3.63, 3.8) is 0 Å². The number of benzene rings is 1. The zero-order valence-corrected chi connectivity index (χ0v) is 12.0. The van der Waals surface area contributed by atoms with E-state index >= 15 is 0 Å². The van der Waals surface area contributed by atoms with Crippen molar-refractivity contribution in [2.75, 3.05) is 7.05 Å². The van der Waals surface area contributed by atoms with Crippen LogP contribution in [0.25, 0.3) is 5.69 Å². The Balaban J connectivity index is 2.13. The number of halogens is 1. The SMILES string of the molecule is CNC(=O)c1nn(-c2ccc(F)cc2)c2c1CCCCC2. The second-order valence-corrected chi connectivity index (χ2v) is 5.30. The Hall–Kier alpha value is -2.17. The lowest BCUT2D eigenvalue weighted by molar-refractivity contribution is 0.0957. The van der Waals surface area contributed by atoms with Crippen molar-refractivity contribution in [3.05, 3.63) is 47.0 Å². The molecular formula is C16H18FN3O. The maximum absolute atomic E-state index is 13.1. The van der Waals surface area contributed by atoms with Gasteiger partial charge >= 0.3 is 0 Å². The first kappa shape index (κ1) is 13.8. The molecule has 1 aliphatic rings. The van der Waals surface area contributed by atoms with Gasteiger partial charge in [0.15, 0.2) is 5.69 Å². The van der Waals surface area contributed by atoms with Crippen LogP contribution in [0, 0.1) is 5.82 Å². The summed E-state index contributed by atoms with van der Waals surface area (Å²) in [5.41, 5.74) is 3.41. The summed E-state index contributed by atoms with van der Waals surface area (Å²) >= 11 is 0. The van der Waals surface area contributed by atoms with E-state index in [2.05, 4.69) is 10.4 Å². The van der Waals surface area contributed by atoms with Gasteiger partial charge in [0.2, 0.25) is 0 Å². The van der Waals surface area contributed by atoms with E-state index in [0.29, 0.717) is 5.69 Å². The molecule has 21 heavy (non-hydrogen) atoms. The summed E-state index contributed by atoms with van der Waals surface area (Å²) in [6.07, 6.45) is 5.10. The number of carbonyl (C=O) groups excluding carboxylic acids is 1. The zero-order valence-electron chi connectivity index (χ0n) is 12.0. The molecule has 0 spiro atoms. The van der Waals surface area contributed by atoms with Gasteiger partial charge in [-0.15, -0.1) is 0 Å². The van der Waals surface area contributed by atoms with Gasteiger partial charge in [-0.2, -0.15) is 5.10 Å². The highest BCUT2D eigenvalue weighted by Gasteiger charge is 2.24. The monoisotopic (exact) mass is 287 g/mol. The van der Waals surface area contributed by atoms with E-state index in [1.165, 1.54) is 12.1 Å². The number of nitrogens with one attached hydrogen (secondary N) is 1. The smallest absolute Gasteiger partial charge is 0.271 e. The standard InChI is InChI=1S/C16H18FN3O/c1-18-16(21)15-13-5-3-2-4-6-14(13)20(19-15)12-9-7-11(17)8-10-12/h7-10H,2-6H2,1H3,(H,18,21). The Bertz CT molecular complexity index is 661. The molecule has 4 nitrogen and oxygen atoms in total. The highest BCUT2D eigenvalue weighted by molar-refractivity contribution is 5.94. The van der Waals surface area contributed by atoms with E-state index in [9.17, 15) is 9.18 Å². The molecule has 0 atom stereocenters. The molecule has 5 heteroatoms. The van der Waals surface area contributed by atoms with Gasteiger partial charge in [0.05, 0.1) is 5.69 Å². The first-order chi connectivity index (χ1) is 10.2. The molecular weight excluding hydrogens is 269 g/mol. The van der Waals surface area contributed by atoms with Crippen LogP contribution in [-0.4, -0.2) is 22.7 Å². The van der Waals surface area contributed by atoms with Gasteiger partial charge in [-0.1, -0.05) is 6.42 Å². The van der Waals surface area contributed by atoms with Crippen LogP contribution in [-0.2, 0) is 12.8 Å². The highest BCUT2D eigenvalue weighted by atomic mass is 19.1. The first-order valence-corrected chi connectivity index (χ1v) is 7.29. The minimum Gasteiger partial charge on any atom is -0.354 e. The zero-order chi connectivity index (χ0) is 14.8.